The number of carbonyl (C=O) groups is 2. The first-order valence-electron chi connectivity index (χ1n) is 11.3. The molecular formula is C27H28Cl2N2O6. The molecule has 0 heterocycles. The highest BCUT2D eigenvalue weighted by atomic mass is 35.5. The Morgan fingerprint density at radius 3 is 2.41 bits per heavy atom. The summed E-state index contributed by atoms with van der Waals surface area (Å²) >= 11 is 12.1. The molecule has 3 aromatic rings. The van der Waals surface area contributed by atoms with Crippen molar-refractivity contribution in [3.05, 3.63) is 81.3 Å². The number of nitrogen functional groups attached to an aromatic ring is 1. The van der Waals surface area contributed by atoms with E-state index in [0.29, 0.717) is 32.7 Å². The first-order chi connectivity index (χ1) is 17.3. The van der Waals surface area contributed by atoms with Crippen LogP contribution in [0.25, 0.3) is 0 Å². The monoisotopic (exact) mass is 546 g/mol. The fraction of sp³-hybridized carbons (Fsp3) is 0.259. The van der Waals surface area contributed by atoms with Gasteiger partial charge in [-0.3, -0.25) is 9.59 Å². The summed E-state index contributed by atoms with van der Waals surface area (Å²) in [6.07, 6.45) is -1.06. The normalized spacial score (nSPS) is 12.1. The van der Waals surface area contributed by atoms with Gasteiger partial charge in [0.15, 0.2) is 12.4 Å². The second kappa shape index (κ2) is 11.8. The molecule has 0 spiro atoms. The maximum Gasteiger partial charge on any atom is 0.262 e. The third kappa shape index (κ3) is 7.84. The number of anilines is 2. The molecule has 1 amide bonds. The SMILES string of the molecule is Cc1cc(OCC(O)C(C)(C)O)ccc1NC(=O)COc1ccc(Cl)cc1C(=O)c1cc(N)cc(Cl)c1. The molecule has 1 atom stereocenters. The van der Waals surface area contributed by atoms with Crippen molar-refractivity contribution in [1.82, 2.24) is 0 Å². The fourth-order valence-corrected chi connectivity index (χ4v) is 3.69. The van der Waals surface area contributed by atoms with Crippen LogP contribution < -0.4 is 20.5 Å². The van der Waals surface area contributed by atoms with E-state index in [-0.39, 0.29) is 30.1 Å². The number of benzene rings is 3. The van der Waals surface area contributed by atoms with Gasteiger partial charge in [0, 0.05) is 27.0 Å². The van der Waals surface area contributed by atoms with Crippen molar-refractivity contribution in [3.63, 3.8) is 0 Å². The maximum absolute atomic E-state index is 13.1. The number of ketones is 1. The number of aryl methyl sites for hydroxylation is 1. The van der Waals surface area contributed by atoms with Crippen LogP contribution in [0.4, 0.5) is 11.4 Å². The van der Waals surface area contributed by atoms with Crippen LogP contribution in [0.1, 0.15) is 35.3 Å². The molecule has 1 unspecified atom stereocenters. The van der Waals surface area contributed by atoms with Crippen LogP contribution in [0, 0.1) is 6.92 Å². The largest absolute Gasteiger partial charge is 0.491 e. The number of rotatable bonds is 10. The summed E-state index contributed by atoms with van der Waals surface area (Å²) in [6, 6.07) is 14.0. The molecule has 0 aromatic heterocycles. The van der Waals surface area contributed by atoms with Crippen LogP contribution in [-0.2, 0) is 4.79 Å². The summed E-state index contributed by atoms with van der Waals surface area (Å²) in [7, 11) is 0. The zero-order valence-electron chi connectivity index (χ0n) is 20.5. The van der Waals surface area contributed by atoms with Gasteiger partial charge in [0.2, 0.25) is 0 Å². The van der Waals surface area contributed by atoms with E-state index in [1.807, 2.05) is 0 Å². The van der Waals surface area contributed by atoms with Crippen molar-refractivity contribution in [2.75, 3.05) is 24.3 Å². The molecule has 10 heteroatoms. The van der Waals surface area contributed by atoms with E-state index in [1.165, 1.54) is 44.2 Å². The van der Waals surface area contributed by atoms with Gasteiger partial charge in [-0.1, -0.05) is 23.2 Å². The summed E-state index contributed by atoms with van der Waals surface area (Å²) in [5.74, 6) is -0.210. The molecule has 0 bridgehead atoms. The van der Waals surface area contributed by atoms with Gasteiger partial charge in [-0.2, -0.15) is 0 Å². The van der Waals surface area contributed by atoms with E-state index in [1.54, 1.807) is 31.2 Å². The smallest absolute Gasteiger partial charge is 0.262 e. The van der Waals surface area contributed by atoms with Gasteiger partial charge >= 0.3 is 0 Å². The maximum atomic E-state index is 13.1. The number of amides is 1. The molecule has 3 rings (SSSR count). The standard InChI is InChI=1S/C27H28Cl2N2O6/c1-15-8-20(36-13-24(32)27(2,3)35)5-6-22(15)31-25(33)14-37-23-7-4-17(28)12-21(23)26(34)16-9-18(29)11-19(30)10-16/h4-12,24,32,35H,13-14,30H2,1-3H3,(H,31,33). The Bertz CT molecular complexity index is 1290. The Labute approximate surface area is 224 Å². The first-order valence-corrected chi connectivity index (χ1v) is 12.1. The molecule has 0 fully saturated rings. The zero-order valence-corrected chi connectivity index (χ0v) is 22.1. The average molecular weight is 547 g/mol. The lowest BCUT2D eigenvalue weighted by molar-refractivity contribution is -0.118. The van der Waals surface area contributed by atoms with Crippen LogP contribution in [0.3, 0.4) is 0 Å². The van der Waals surface area contributed by atoms with Gasteiger partial charge < -0.3 is 30.7 Å². The summed E-state index contributed by atoms with van der Waals surface area (Å²) < 4.78 is 11.2. The minimum atomic E-state index is -1.29. The van der Waals surface area contributed by atoms with E-state index in [2.05, 4.69) is 5.32 Å². The second-order valence-corrected chi connectivity index (χ2v) is 9.91. The zero-order chi connectivity index (χ0) is 27.3. The van der Waals surface area contributed by atoms with Crippen molar-refractivity contribution in [3.8, 4) is 11.5 Å². The number of halogens is 2. The summed E-state index contributed by atoms with van der Waals surface area (Å²) in [6.45, 7) is 4.30. The van der Waals surface area contributed by atoms with Crippen LogP contribution in [0.2, 0.25) is 10.0 Å². The average Bonchev–Trinajstić information content (AvgIpc) is 2.81. The predicted octanol–water partition coefficient (Wildman–Crippen LogP) is 4.64. The Balaban J connectivity index is 1.66. The lowest BCUT2D eigenvalue weighted by Crippen LogP contribution is -2.40. The van der Waals surface area contributed by atoms with Crippen molar-refractivity contribution < 1.29 is 29.3 Å². The molecule has 0 saturated carbocycles. The number of nitrogens with one attached hydrogen (secondary N) is 1. The van der Waals surface area contributed by atoms with Crippen molar-refractivity contribution in [2.45, 2.75) is 32.5 Å². The van der Waals surface area contributed by atoms with E-state index in [9.17, 15) is 19.8 Å². The topological polar surface area (TPSA) is 131 Å². The number of carbonyl (C=O) groups excluding carboxylic acids is 2. The number of ether oxygens (including phenoxy) is 2. The van der Waals surface area contributed by atoms with E-state index in [4.69, 9.17) is 38.4 Å². The van der Waals surface area contributed by atoms with E-state index < -0.39 is 23.4 Å². The van der Waals surface area contributed by atoms with Gasteiger partial charge in [-0.05, 0) is 80.9 Å². The highest BCUT2D eigenvalue weighted by Gasteiger charge is 2.25. The minimum Gasteiger partial charge on any atom is -0.491 e. The molecule has 0 aliphatic heterocycles. The molecule has 0 radical (unpaired) electrons. The minimum absolute atomic E-state index is 0.0909. The molecule has 0 saturated heterocycles. The summed E-state index contributed by atoms with van der Waals surface area (Å²) in [4.78, 5) is 25.7. The third-order valence-electron chi connectivity index (χ3n) is 5.42. The third-order valence-corrected chi connectivity index (χ3v) is 5.88. The van der Waals surface area contributed by atoms with Crippen molar-refractivity contribution >= 4 is 46.3 Å². The van der Waals surface area contributed by atoms with Gasteiger partial charge in [0.05, 0.1) is 11.2 Å². The number of aliphatic hydroxyl groups excluding tert-OH is 1. The molecule has 5 N–H and O–H groups in total. The quantitative estimate of drug-likeness (QED) is 0.215. The second-order valence-electron chi connectivity index (χ2n) is 9.04. The number of nitrogens with two attached hydrogens (primary N) is 1. The Morgan fingerprint density at radius 1 is 1.03 bits per heavy atom. The fourth-order valence-electron chi connectivity index (χ4n) is 3.28. The van der Waals surface area contributed by atoms with Gasteiger partial charge in [-0.15, -0.1) is 0 Å². The molecule has 8 nitrogen and oxygen atoms in total. The predicted molar refractivity (Wildman–Crippen MR) is 144 cm³/mol. The number of aliphatic hydroxyl groups is 2. The number of hydrogen-bond donors (Lipinski definition) is 4. The van der Waals surface area contributed by atoms with Crippen LogP contribution in [-0.4, -0.2) is 46.8 Å². The highest BCUT2D eigenvalue weighted by Crippen LogP contribution is 2.28. The van der Waals surface area contributed by atoms with Gasteiger partial charge in [-0.25, -0.2) is 0 Å². The Kier molecular flexibility index (Phi) is 9.04. The van der Waals surface area contributed by atoms with Crippen LogP contribution >= 0.6 is 23.2 Å². The molecule has 196 valence electrons. The van der Waals surface area contributed by atoms with Crippen molar-refractivity contribution in [2.24, 2.45) is 0 Å². The van der Waals surface area contributed by atoms with Gasteiger partial charge in [0.1, 0.15) is 24.2 Å². The van der Waals surface area contributed by atoms with Crippen LogP contribution in [0.15, 0.2) is 54.6 Å². The Hall–Kier alpha value is -3.30. The highest BCUT2D eigenvalue weighted by molar-refractivity contribution is 6.32. The molecule has 0 aliphatic carbocycles. The van der Waals surface area contributed by atoms with E-state index >= 15 is 0 Å². The Morgan fingerprint density at radius 2 is 1.76 bits per heavy atom. The summed E-state index contributed by atoms with van der Waals surface area (Å²) in [5.41, 5.74) is 6.51. The van der Waals surface area contributed by atoms with E-state index in [0.717, 1.165) is 0 Å². The van der Waals surface area contributed by atoms with Gasteiger partial charge in [0.25, 0.3) is 5.91 Å². The first kappa shape index (κ1) is 28.3. The molecule has 0 aliphatic rings. The lowest BCUT2D eigenvalue weighted by atomic mass is 10.0. The number of hydrogen-bond acceptors (Lipinski definition) is 7. The van der Waals surface area contributed by atoms with Crippen molar-refractivity contribution in [1.29, 1.82) is 0 Å². The molecule has 3 aromatic carbocycles. The summed E-state index contributed by atoms with van der Waals surface area (Å²) in [5, 5.41) is 23.1. The van der Waals surface area contributed by atoms with Crippen LogP contribution in [0.5, 0.6) is 11.5 Å². The molecule has 37 heavy (non-hydrogen) atoms. The lowest BCUT2D eigenvalue weighted by Gasteiger charge is -2.24. The molecular weight excluding hydrogens is 519 g/mol.